The fraction of sp³-hybridized carbons (Fsp3) is 0.407. The highest BCUT2D eigenvalue weighted by Gasteiger charge is 2.29. The number of aryl methyl sites for hydroxylation is 1. The SMILES string of the molecule is Cc1[nH]n(-c2ccc(C(C)(C)C)cc2)c(=O)c1N=Nc1cccc(C2CCCC(c3nn[nH]n3)C2)c1O. The minimum atomic E-state index is -0.296. The third-order valence-electron chi connectivity index (χ3n) is 7.18. The highest BCUT2D eigenvalue weighted by molar-refractivity contribution is 5.56. The summed E-state index contributed by atoms with van der Waals surface area (Å²) >= 11 is 0. The van der Waals surface area contributed by atoms with Crippen molar-refractivity contribution in [1.82, 2.24) is 30.4 Å². The number of nitrogens with zero attached hydrogens (tertiary/aromatic N) is 6. The molecule has 1 fully saturated rings. The number of rotatable bonds is 5. The summed E-state index contributed by atoms with van der Waals surface area (Å²) in [5, 5.41) is 37.2. The lowest BCUT2D eigenvalue weighted by Crippen LogP contribution is -2.15. The highest BCUT2D eigenvalue weighted by Crippen LogP contribution is 2.45. The van der Waals surface area contributed by atoms with Gasteiger partial charge in [0.25, 0.3) is 5.56 Å². The van der Waals surface area contributed by atoms with Crippen molar-refractivity contribution in [2.75, 3.05) is 0 Å². The Morgan fingerprint density at radius 1 is 1.05 bits per heavy atom. The summed E-state index contributed by atoms with van der Waals surface area (Å²) in [5.74, 6) is 1.15. The van der Waals surface area contributed by atoms with E-state index >= 15 is 0 Å². The third kappa shape index (κ3) is 4.96. The number of hydrogen-bond acceptors (Lipinski definition) is 7. The fourth-order valence-electron chi connectivity index (χ4n) is 5.06. The Morgan fingerprint density at radius 3 is 2.51 bits per heavy atom. The van der Waals surface area contributed by atoms with E-state index in [0.717, 1.165) is 36.9 Å². The van der Waals surface area contributed by atoms with E-state index < -0.39 is 0 Å². The normalized spacial score (nSPS) is 18.5. The molecule has 5 rings (SSSR count). The molecule has 10 heteroatoms. The quantitative estimate of drug-likeness (QED) is 0.295. The fourth-order valence-corrected chi connectivity index (χ4v) is 5.06. The van der Waals surface area contributed by atoms with Crippen molar-refractivity contribution in [1.29, 1.82) is 0 Å². The molecule has 2 heterocycles. The average Bonchev–Trinajstić information content (AvgIpc) is 3.52. The largest absolute Gasteiger partial charge is 0.505 e. The highest BCUT2D eigenvalue weighted by atomic mass is 16.3. The molecular weight excluding hydrogens is 468 g/mol. The van der Waals surface area contributed by atoms with Crippen LogP contribution in [0.5, 0.6) is 5.75 Å². The molecule has 0 saturated heterocycles. The lowest BCUT2D eigenvalue weighted by atomic mass is 9.77. The van der Waals surface area contributed by atoms with E-state index in [4.69, 9.17) is 0 Å². The van der Waals surface area contributed by atoms with Gasteiger partial charge in [-0.05, 0) is 66.8 Å². The number of tetrazole rings is 1. The monoisotopic (exact) mass is 500 g/mol. The van der Waals surface area contributed by atoms with Crippen molar-refractivity contribution in [3.05, 3.63) is 75.5 Å². The van der Waals surface area contributed by atoms with Crippen molar-refractivity contribution in [3.8, 4) is 11.4 Å². The molecule has 1 aliphatic rings. The Bertz CT molecular complexity index is 1460. The Balaban J connectivity index is 1.39. The smallest absolute Gasteiger partial charge is 0.299 e. The van der Waals surface area contributed by atoms with Crippen LogP contribution >= 0.6 is 0 Å². The van der Waals surface area contributed by atoms with Crippen molar-refractivity contribution < 1.29 is 5.11 Å². The predicted octanol–water partition coefficient (Wildman–Crippen LogP) is 5.85. The zero-order valence-corrected chi connectivity index (χ0v) is 21.6. The maximum absolute atomic E-state index is 13.1. The van der Waals surface area contributed by atoms with Gasteiger partial charge in [-0.1, -0.05) is 56.7 Å². The molecule has 0 bridgehead atoms. The van der Waals surface area contributed by atoms with E-state index in [0.29, 0.717) is 17.2 Å². The zero-order chi connectivity index (χ0) is 26.2. The maximum atomic E-state index is 13.1. The van der Waals surface area contributed by atoms with Crippen LogP contribution in [-0.2, 0) is 5.41 Å². The Hall–Kier alpha value is -4.08. The number of phenols is 1. The van der Waals surface area contributed by atoms with Crippen LogP contribution < -0.4 is 5.56 Å². The number of para-hydroxylation sites is 1. The van der Waals surface area contributed by atoms with Gasteiger partial charge in [-0.25, -0.2) is 4.68 Å². The first-order valence-corrected chi connectivity index (χ1v) is 12.6. The van der Waals surface area contributed by atoms with Gasteiger partial charge < -0.3 is 5.11 Å². The second kappa shape index (κ2) is 9.76. The van der Waals surface area contributed by atoms with Crippen molar-refractivity contribution in [3.63, 3.8) is 0 Å². The predicted molar refractivity (Wildman–Crippen MR) is 140 cm³/mol. The first-order chi connectivity index (χ1) is 17.7. The summed E-state index contributed by atoms with van der Waals surface area (Å²) in [7, 11) is 0. The molecule has 3 N–H and O–H groups in total. The number of hydrogen-bond donors (Lipinski definition) is 3. The molecule has 0 spiro atoms. The standard InChI is InChI=1S/C27H32N8O2/c1-16-23(26(37)35(32-16)20-13-11-19(12-14-20)27(2,3)4)29-28-22-10-6-9-21(24(22)36)17-7-5-8-18(15-17)25-30-33-34-31-25/h6,9-14,17-18,32,36H,5,7-8,15H2,1-4H3,(H,30,31,33,34). The molecule has 0 amide bonds. The number of aromatic hydroxyl groups is 1. The molecule has 2 atom stereocenters. The van der Waals surface area contributed by atoms with Gasteiger partial charge >= 0.3 is 0 Å². The maximum Gasteiger partial charge on any atom is 0.299 e. The Morgan fingerprint density at radius 2 is 1.81 bits per heavy atom. The van der Waals surface area contributed by atoms with E-state index in [1.165, 1.54) is 10.2 Å². The number of azo groups is 1. The molecule has 1 aliphatic carbocycles. The van der Waals surface area contributed by atoms with E-state index in [2.05, 4.69) is 56.7 Å². The molecule has 2 aromatic carbocycles. The summed E-state index contributed by atoms with van der Waals surface area (Å²) in [4.78, 5) is 13.1. The zero-order valence-electron chi connectivity index (χ0n) is 21.6. The van der Waals surface area contributed by atoms with Crippen molar-refractivity contribution in [2.24, 2.45) is 10.2 Å². The molecule has 37 heavy (non-hydrogen) atoms. The molecule has 4 aromatic rings. The number of phenolic OH excluding ortho intramolecular Hbond substituents is 1. The average molecular weight is 501 g/mol. The lowest BCUT2D eigenvalue weighted by Gasteiger charge is -2.28. The third-order valence-corrected chi connectivity index (χ3v) is 7.18. The van der Waals surface area contributed by atoms with Gasteiger partial charge in [0, 0.05) is 5.92 Å². The minimum Gasteiger partial charge on any atom is -0.505 e. The van der Waals surface area contributed by atoms with Gasteiger partial charge in [0.05, 0.1) is 11.4 Å². The Labute approximate surface area is 214 Å². The second-order valence-corrected chi connectivity index (χ2v) is 10.8. The summed E-state index contributed by atoms with van der Waals surface area (Å²) in [5.41, 5.74) is 3.60. The van der Waals surface area contributed by atoms with Crippen LogP contribution in [0.15, 0.2) is 57.5 Å². The van der Waals surface area contributed by atoms with Gasteiger partial charge in [-0.3, -0.25) is 9.89 Å². The first-order valence-electron chi connectivity index (χ1n) is 12.6. The number of H-pyrrole nitrogens is 2. The van der Waals surface area contributed by atoms with Crippen molar-refractivity contribution >= 4 is 11.4 Å². The molecule has 2 unspecified atom stereocenters. The number of aromatic amines is 2. The summed E-state index contributed by atoms with van der Waals surface area (Å²) in [6.07, 6.45) is 3.78. The van der Waals surface area contributed by atoms with E-state index in [1.807, 2.05) is 36.4 Å². The number of benzene rings is 2. The summed E-state index contributed by atoms with van der Waals surface area (Å²) < 4.78 is 1.46. The lowest BCUT2D eigenvalue weighted by molar-refractivity contribution is 0.370. The van der Waals surface area contributed by atoms with E-state index in [9.17, 15) is 9.90 Å². The van der Waals surface area contributed by atoms with Crippen LogP contribution in [0, 0.1) is 6.92 Å². The molecule has 0 aliphatic heterocycles. The van der Waals surface area contributed by atoms with Crippen LogP contribution in [0.2, 0.25) is 0 Å². The van der Waals surface area contributed by atoms with Crippen LogP contribution in [0.1, 0.15) is 80.9 Å². The van der Waals surface area contributed by atoms with Crippen LogP contribution in [0.4, 0.5) is 11.4 Å². The van der Waals surface area contributed by atoms with Gasteiger partial charge in [-0.15, -0.1) is 20.4 Å². The molecule has 192 valence electrons. The topological polar surface area (TPSA) is 137 Å². The van der Waals surface area contributed by atoms with Gasteiger partial charge in [-0.2, -0.15) is 5.21 Å². The van der Waals surface area contributed by atoms with Gasteiger partial charge in [0.15, 0.2) is 11.5 Å². The molecule has 1 saturated carbocycles. The first kappa shape index (κ1) is 24.6. The second-order valence-electron chi connectivity index (χ2n) is 10.8. The number of aromatic nitrogens is 6. The van der Waals surface area contributed by atoms with E-state index in [1.54, 1.807) is 13.0 Å². The molecular formula is C27H32N8O2. The molecule has 10 nitrogen and oxygen atoms in total. The minimum absolute atomic E-state index is 0.0244. The van der Waals surface area contributed by atoms with Crippen LogP contribution in [0.25, 0.3) is 5.69 Å². The van der Waals surface area contributed by atoms with Gasteiger partial charge in [0.2, 0.25) is 0 Å². The molecule has 0 radical (unpaired) electrons. The summed E-state index contributed by atoms with van der Waals surface area (Å²) in [6, 6.07) is 13.4. The van der Waals surface area contributed by atoms with Crippen LogP contribution in [0.3, 0.4) is 0 Å². The summed E-state index contributed by atoms with van der Waals surface area (Å²) in [6.45, 7) is 8.23. The van der Waals surface area contributed by atoms with Crippen LogP contribution in [-0.4, -0.2) is 35.5 Å². The number of nitrogens with one attached hydrogen (secondary N) is 2. The Kier molecular flexibility index (Phi) is 6.49. The molecule has 2 aromatic heterocycles. The van der Waals surface area contributed by atoms with Crippen molar-refractivity contribution in [2.45, 2.75) is 70.6 Å². The van der Waals surface area contributed by atoms with Gasteiger partial charge in [0.1, 0.15) is 11.4 Å². The van der Waals surface area contributed by atoms with E-state index in [-0.39, 0.29) is 34.2 Å².